The Bertz CT molecular complexity index is 1560. The van der Waals surface area contributed by atoms with Crippen LogP contribution >= 0.6 is 23.2 Å². The SMILES string of the molecule is NCCNCCNCCN=c1cc2n(-c3ccc(Cl)cc3)c3ccccc3nc-2cc1Nc1ccc(Cl)cc1. The Balaban J connectivity index is 1.58. The van der Waals surface area contributed by atoms with E-state index in [0.717, 1.165) is 71.0 Å². The Morgan fingerprint density at radius 3 is 2.23 bits per heavy atom. The molecule has 1 heterocycles. The van der Waals surface area contributed by atoms with Crippen LogP contribution in [0.5, 0.6) is 0 Å². The van der Waals surface area contributed by atoms with Crippen molar-refractivity contribution in [2.24, 2.45) is 10.7 Å². The Morgan fingerprint density at radius 1 is 0.795 bits per heavy atom. The highest BCUT2D eigenvalue weighted by Crippen LogP contribution is 2.31. The molecule has 5 rings (SSSR count). The van der Waals surface area contributed by atoms with Crippen molar-refractivity contribution >= 4 is 45.6 Å². The third-order valence-electron chi connectivity index (χ3n) is 6.28. The average Bonchev–Trinajstić information content (AvgIpc) is 2.95. The summed E-state index contributed by atoms with van der Waals surface area (Å²) in [4.78, 5) is 9.99. The zero-order chi connectivity index (χ0) is 27.0. The van der Waals surface area contributed by atoms with Gasteiger partial charge in [0.15, 0.2) is 0 Å². The molecule has 1 aliphatic carbocycles. The first-order valence-corrected chi connectivity index (χ1v) is 13.7. The average molecular weight is 561 g/mol. The van der Waals surface area contributed by atoms with E-state index in [4.69, 9.17) is 38.9 Å². The van der Waals surface area contributed by atoms with E-state index in [0.29, 0.717) is 23.1 Å². The summed E-state index contributed by atoms with van der Waals surface area (Å²) in [6.07, 6.45) is 0. The summed E-state index contributed by atoms with van der Waals surface area (Å²) in [5, 5.41) is 12.5. The summed E-state index contributed by atoms with van der Waals surface area (Å²) in [6, 6.07) is 27.8. The van der Waals surface area contributed by atoms with Gasteiger partial charge in [-0.2, -0.15) is 0 Å². The van der Waals surface area contributed by atoms with Gasteiger partial charge in [-0.05, 0) is 72.8 Å². The van der Waals surface area contributed by atoms with Gasteiger partial charge in [0.1, 0.15) is 0 Å². The van der Waals surface area contributed by atoms with Gasteiger partial charge in [0.2, 0.25) is 0 Å². The van der Waals surface area contributed by atoms with Gasteiger partial charge in [0, 0.05) is 54.1 Å². The minimum absolute atomic E-state index is 0.625. The van der Waals surface area contributed by atoms with Crippen molar-refractivity contribution < 1.29 is 0 Å². The van der Waals surface area contributed by atoms with Crippen LogP contribution in [0.25, 0.3) is 28.1 Å². The Kier molecular flexibility index (Phi) is 9.08. The van der Waals surface area contributed by atoms with Crippen molar-refractivity contribution in [1.82, 2.24) is 20.2 Å². The molecule has 200 valence electrons. The first kappa shape index (κ1) is 27.1. The number of nitrogens with zero attached hydrogens (tertiary/aromatic N) is 3. The molecule has 0 unspecified atom stereocenters. The number of anilines is 2. The van der Waals surface area contributed by atoms with Gasteiger partial charge in [-0.15, -0.1) is 0 Å². The quantitative estimate of drug-likeness (QED) is 0.131. The predicted octanol–water partition coefficient (Wildman–Crippen LogP) is 5.22. The molecule has 0 radical (unpaired) electrons. The molecule has 5 N–H and O–H groups in total. The van der Waals surface area contributed by atoms with Crippen LogP contribution < -0.4 is 27.0 Å². The lowest BCUT2D eigenvalue weighted by atomic mass is 10.1. The van der Waals surface area contributed by atoms with Crippen LogP contribution in [0.4, 0.5) is 11.4 Å². The molecular weight excluding hydrogens is 529 g/mol. The normalized spacial score (nSPS) is 11.9. The molecule has 2 aliphatic rings. The summed E-state index contributed by atoms with van der Waals surface area (Å²) < 4.78 is 2.21. The summed E-state index contributed by atoms with van der Waals surface area (Å²) >= 11 is 12.3. The number of fused-ring (bicyclic) bond motifs is 2. The minimum atomic E-state index is 0.625. The lowest BCUT2D eigenvalue weighted by molar-refractivity contribution is 0.617. The first-order chi connectivity index (χ1) is 19.1. The van der Waals surface area contributed by atoms with Crippen molar-refractivity contribution in [3.05, 3.63) is 100 Å². The molecule has 9 heteroatoms. The lowest BCUT2D eigenvalue weighted by Crippen LogP contribution is -2.31. The molecule has 0 fully saturated rings. The van der Waals surface area contributed by atoms with Crippen molar-refractivity contribution in [1.29, 1.82) is 0 Å². The fraction of sp³-hybridized carbons (Fsp3) is 0.200. The van der Waals surface area contributed by atoms with Crippen LogP contribution in [-0.4, -0.2) is 48.8 Å². The third kappa shape index (κ3) is 6.76. The number of halogens is 2. The fourth-order valence-corrected chi connectivity index (χ4v) is 4.67. The van der Waals surface area contributed by atoms with E-state index in [1.165, 1.54) is 0 Å². The maximum absolute atomic E-state index is 6.22. The molecule has 0 aromatic heterocycles. The standard InChI is InChI=1S/C30H31Cl2N7/c31-21-5-9-23(10-6-21)37-27-19-28-30(20-26(27)36-18-17-35-16-15-34-14-13-33)39(24-11-7-22(32)8-12-24)29-4-2-1-3-25(29)38-28/h1-12,19-20,34-35,37H,13-18,33H2. The summed E-state index contributed by atoms with van der Waals surface area (Å²) in [7, 11) is 0. The van der Waals surface area contributed by atoms with Crippen LogP contribution in [0.15, 0.2) is 89.9 Å². The molecule has 0 atom stereocenters. The van der Waals surface area contributed by atoms with E-state index in [-0.39, 0.29) is 0 Å². The van der Waals surface area contributed by atoms with Crippen molar-refractivity contribution in [2.75, 3.05) is 44.6 Å². The van der Waals surface area contributed by atoms with Gasteiger partial charge >= 0.3 is 0 Å². The highest BCUT2D eigenvalue weighted by Gasteiger charge is 2.16. The maximum Gasteiger partial charge on any atom is 0.0900 e. The predicted molar refractivity (Wildman–Crippen MR) is 163 cm³/mol. The maximum atomic E-state index is 6.22. The summed E-state index contributed by atoms with van der Waals surface area (Å²) in [6.45, 7) is 4.57. The Labute approximate surface area is 238 Å². The van der Waals surface area contributed by atoms with Gasteiger partial charge < -0.3 is 26.3 Å². The van der Waals surface area contributed by atoms with Gasteiger partial charge in [0.25, 0.3) is 0 Å². The first-order valence-electron chi connectivity index (χ1n) is 13.0. The van der Waals surface area contributed by atoms with E-state index in [1.54, 1.807) is 0 Å². The lowest BCUT2D eigenvalue weighted by Gasteiger charge is -2.20. The molecule has 3 aromatic carbocycles. The zero-order valence-electron chi connectivity index (χ0n) is 21.5. The number of hydrogen-bond donors (Lipinski definition) is 4. The van der Waals surface area contributed by atoms with Gasteiger partial charge in [-0.25, -0.2) is 4.98 Å². The van der Waals surface area contributed by atoms with Gasteiger partial charge in [0.05, 0.1) is 40.0 Å². The topological polar surface area (TPSA) is 92.3 Å². The second-order valence-electron chi connectivity index (χ2n) is 9.07. The molecule has 0 saturated heterocycles. The third-order valence-corrected chi connectivity index (χ3v) is 6.78. The van der Waals surface area contributed by atoms with E-state index in [9.17, 15) is 0 Å². The number of nitrogens with two attached hydrogens (primary N) is 1. The molecule has 3 aromatic rings. The van der Waals surface area contributed by atoms with Crippen LogP contribution in [0.2, 0.25) is 10.0 Å². The second-order valence-corrected chi connectivity index (χ2v) is 9.95. The van der Waals surface area contributed by atoms with Crippen molar-refractivity contribution in [2.45, 2.75) is 0 Å². The largest absolute Gasteiger partial charge is 0.354 e. The number of hydrogen-bond acceptors (Lipinski definition) is 6. The second kappa shape index (κ2) is 13.1. The molecular formula is C30H31Cl2N7. The number of benzene rings is 4. The molecule has 7 nitrogen and oxygen atoms in total. The molecule has 1 aliphatic heterocycles. The van der Waals surface area contributed by atoms with E-state index in [1.807, 2.05) is 66.7 Å². The molecule has 0 bridgehead atoms. The van der Waals surface area contributed by atoms with Crippen LogP contribution in [0.3, 0.4) is 0 Å². The molecule has 39 heavy (non-hydrogen) atoms. The van der Waals surface area contributed by atoms with Crippen LogP contribution in [-0.2, 0) is 0 Å². The highest BCUT2D eigenvalue weighted by atomic mass is 35.5. The van der Waals surface area contributed by atoms with Gasteiger partial charge in [-0.3, -0.25) is 4.99 Å². The number of rotatable bonds is 11. The molecule has 0 saturated carbocycles. The molecule has 0 spiro atoms. The fourth-order valence-electron chi connectivity index (χ4n) is 4.41. The van der Waals surface area contributed by atoms with Crippen LogP contribution in [0, 0.1) is 0 Å². The van der Waals surface area contributed by atoms with Crippen molar-refractivity contribution in [3.8, 4) is 17.1 Å². The number of nitrogens with one attached hydrogen (secondary N) is 3. The zero-order valence-corrected chi connectivity index (χ0v) is 23.0. The molecule has 0 amide bonds. The highest BCUT2D eigenvalue weighted by molar-refractivity contribution is 6.30. The van der Waals surface area contributed by atoms with E-state index >= 15 is 0 Å². The van der Waals surface area contributed by atoms with Crippen LogP contribution in [0.1, 0.15) is 0 Å². The number of para-hydroxylation sites is 2. The minimum Gasteiger partial charge on any atom is -0.354 e. The smallest absolute Gasteiger partial charge is 0.0900 e. The van der Waals surface area contributed by atoms with Gasteiger partial charge in [-0.1, -0.05) is 35.3 Å². The van der Waals surface area contributed by atoms with E-state index < -0.39 is 0 Å². The number of aromatic nitrogens is 2. The monoisotopic (exact) mass is 559 g/mol. The summed E-state index contributed by atoms with van der Waals surface area (Å²) in [5.41, 5.74) is 12.0. The Morgan fingerprint density at radius 2 is 1.49 bits per heavy atom. The van der Waals surface area contributed by atoms with E-state index in [2.05, 4.69) is 38.7 Å². The Hall–Kier alpha value is -3.46. The summed E-state index contributed by atoms with van der Waals surface area (Å²) in [5.74, 6) is 0. The van der Waals surface area contributed by atoms with Crippen molar-refractivity contribution in [3.63, 3.8) is 0 Å².